The van der Waals surface area contributed by atoms with Crippen molar-refractivity contribution >= 4 is 5.91 Å². The zero-order valence-electron chi connectivity index (χ0n) is 10.5. The smallest absolute Gasteiger partial charge is 0.287 e. The lowest BCUT2D eigenvalue weighted by Gasteiger charge is -2.34. The van der Waals surface area contributed by atoms with Gasteiger partial charge in [-0.25, -0.2) is 0 Å². The summed E-state index contributed by atoms with van der Waals surface area (Å²) in [6, 6.07) is 1.80. The maximum absolute atomic E-state index is 11.9. The highest BCUT2D eigenvalue weighted by atomic mass is 16.3. The molecule has 1 unspecified atom stereocenters. The highest BCUT2D eigenvalue weighted by Gasteiger charge is 2.27. The Morgan fingerprint density at radius 2 is 2.47 bits per heavy atom. The molecule has 1 saturated heterocycles. The standard InChI is InChI=1S/C13H20N2O2/c1-10-4-7-17-11(10)12(16)15-9-13(2)5-3-6-14-8-13/h4,7,14H,3,5-6,8-9H2,1-2H3,(H,15,16). The van der Waals surface area contributed by atoms with E-state index in [0.29, 0.717) is 12.3 Å². The molecule has 2 N–H and O–H groups in total. The number of aryl methyl sites for hydroxylation is 1. The SMILES string of the molecule is Cc1ccoc1C(=O)NCC1(C)CCCNC1. The second kappa shape index (κ2) is 4.92. The number of nitrogens with one attached hydrogen (secondary N) is 2. The Kier molecular flexibility index (Phi) is 3.52. The third-order valence-electron chi connectivity index (χ3n) is 3.43. The van der Waals surface area contributed by atoms with E-state index in [0.717, 1.165) is 25.1 Å². The van der Waals surface area contributed by atoms with Crippen LogP contribution in [0.1, 0.15) is 35.9 Å². The Morgan fingerprint density at radius 3 is 3.06 bits per heavy atom. The van der Waals surface area contributed by atoms with Crippen LogP contribution in [0.2, 0.25) is 0 Å². The first-order valence-electron chi connectivity index (χ1n) is 6.14. The predicted octanol–water partition coefficient (Wildman–Crippen LogP) is 1.71. The van der Waals surface area contributed by atoms with Gasteiger partial charge in [0.25, 0.3) is 5.91 Å². The summed E-state index contributed by atoms with van der Waals surface area (Å²) in [5.41, 5.74) is 1.04. The van der Waals surface area contributed by atoms with Crippen molar-refractivity contribution in [2.45, 2.75) is 26.7 Å². The van der Waals surface area contributed by atoms with E-state index in [1.54, 1.807) is 12.3 Å². The lowest BCUT2D eigenvalue weighted by atomic mass is 9.83. The molecule has 0 bridgehead atoms. The molecule has 1 aromatic rings. The van der Waals surface area contributed by atoms with Gasteiger partial charge in [-0.3, -0.25) is 4.79 Å². The van der Waals surface area contributed by atoms with Gasteiger partial charge in [-0.1, -0.05) is 6.92 Å². The fraction of sp³-hybridized carbons (Fsp3) is 0.615. The molecule has 4 heteroatoms. The summed E-state index contributed by atoms with van der Waals surface area (Å²) < 4.78 is 5.17. The van der Waals surface area contributed by atoms with Crippen LogP contribution in [0, 0.1) is 12.3 Å². The maximum atomic E-state index is 11.9. The normalized spacial score (nSPS) is 24.6. The Morgan fingerprint density at radius 1 is 1.65 bits per heavy atom. The van der Waals surface area contributed by atoms with Crippen molar-refractivity contribution in [3.63, 3.8) is 0 Å². The Balaban J connectivity index is 1.90. The van der Waals surface area contributed by atoms with Crippen molar-refractivity contribution in [3.05, 3.63) is 23.7 Å². The molecule has 0 spiro atoms. The second-order valence-corrected chi connectivity index (χ2v) is 5.21. The molecule has 2 heterocycles. The third-order valence-corrected chi connectivity index (χ3v) is 3.43. The van der Waals surface area contributed by atoms with Gasteiger partial charge in [0.05, 0.1) is 6.26 Å². The number of hydrogen-bond donors (Lipinski definition) is 2. The van der Waals surface area contributed by atoms with E-state index in [1.807, 2.05) is 6.92 Å². The van der Waals surface area contributed by atoms with Gasteiger partial charge < -0.3 is 15.1 Å². The third kappa shape index (κ3) is 2.88. The van der Waals surface area contributed by atoms with Gasteiger partial charge in [0.2, 0.25) is 0 Å². The van der Waals surface area contributed by atoms with Crippen LogP contribution >= 0.6 is 0 Å². The van der Waals surface area contributed by atoms with Crippen molar-refractivity contribution in [3.8, 4) is 0 Å². The molecule has 0 saturated carbocycles. The second-order valence-electron chi connectivity index (χ2n) is 5.21. The molecule has 0 aromatic carbocycles. The van der Waals surface area contributed by atoms with Gasteiger partial charge in [0.15, 0.2) is 5.76 Å². The van der Waals surface area contributed by atoms with Gasteiger partial charge in [-0.2, -0.15) is 0 Å². The summed E-state index contributed by atoms with van der Waals surface area (Å²) in [6.45, 7) is 6.82. The molecule has 1 aromatic heterocycles. The van der Waals surface area contributed by atoms with E-state index in [9.17, 15) is 4.79 Å². The summed E-state index contributed by atoms with van der Waals surface area (Å²) >= 11 is 0. The molecule has 17 heavy (non-hydrogen) atoms. The van der Waals surface area contributed by atoms with Crippen molar-refractivity contribution in [2.75, 3.05) is 19.6 Å². The van der Waals surface area contributed by atoms with Crippen LogP contribution < -0.4 is 10.6 Å². The van der Waals surface area contributed by atoms with Crippen LogP contribution in [-0.4, -0.2) is 25.5 Å². The lowest BCUT2D eigenvalue weighted by molar-refractivity contribution is 0.0896. The molecule has 1 aliphatic heterocycles. The van der Waals surface area contributed by atoms with Crippen LogP contribution in [0.3, 0.4) is 0 Å². The minimum absolute atomic E-state index is 0.112. The Hall–Kier alpha value is -1.29. The van der Waals surface area contributed by atoms with Crippen LogP contribution in [0.25, 0.3) is 0 Å². The van der Waals surface area contributed by atoms with E-state index >= 15 is 0 Å². The minimum atomic E-state index is -0.112. The van der Waals surface area contributed by atoms with Gasteiger partial charge in [-0.05, 0) is 37.8 Å². The Bertz CT molecular complexity index is 392. The minimum Gasteiger partial charge on any atom is -0.459 e. The number of piperidine rings is 1. The number of rotatable bonds is 3. The maximum Gasteiger partial charge on any atom is 0.287 e. The predicted molar refractivity (Wildman–Crippen MR) is 66.0 cm³/mol. The number of amides is 1. The number of hydrogen-bond acceptors (Lipinski definition) is 3. The molecule has 2 rings (SSSR count). The van der Waals surface area contributed by atoms with E-state index in [4.69, 9.17) is 4.42 Å². The van der Waals surface area contributed by atoms with E-state index in [-0.39, 0.29) is 11.3 Å². The molecule has 94 valence electrons. The average molecular weight is 236 g/mol. The van der Waals surface area contributed by atoms with Crippen LogP contribution in [0.5, 0.6) is 0 Å². The summed E-state index contributed by atoms with van der Waals surface area (Å²) in [4.78, 5) is 11.9. The first kappa shape index (κ1) is 12.2. The highest BCUT2D eigenvalue weighted by Crippen LogP contribution is 2.24. The number of carbonyl (C=O) groups is 1. The van der Waals surface area contributed by atoms with E-state index in [2.05, 4.69) is 17.6 Å². The lowest BCUT2D eigenvalue weighted by Crippen LogP contribution is -2.45. The van der Waals surface area contributed by atoms with Gasteiger partial charge >= 0.3 is 0 Å². The summed E-state index contributed by atoms with van der Waals surface area (Å²) in [5.74, 6) is 0.316. The summed E-state index contributed by atoms with van der Waals surface area (Å²) in [5, 5.41) is 6.33. The monoisotopic (exact) mass is 236 g/mol. The quantitative estimate of drug-likeness (QED) is 0.840. The zero-order valence-corrected chi connectivity index (χ0v) is 10.5. The fourth-order valence-electron chi connectivity index (χ4n) is 2.25. The summed E-state index contributed by atoms with van der Waals surface area (Å²) in [6.07, 6.45) is 3.87. The van der Waals surface area contributed by atoms with Crippen molar-refractivity contribution in [1.29, 1.82) is 0 Å². The molecule has 1 atom stereocenters. The number of carbonyl (C=O) groups excluding carboxylic acids is 1. The molecule has 1 amide bonds. The van der Waals surface area contributed by atoms with Crippen LogP contribution in [0.15, 0.2) is 16.7 Å². The molecule has 0 radical (unpaired) electrons. The largest absolute Gasteiger partial charge is 0.459 e. The zero-order chi connectivity index (χ0) is 12.3. The van der Waals surface area contributed by atoms with Crippen LogP contribution in [-0.2, 0) is 0 Å². The first-order valence-corrected chi connectivity index (χ1v) is 6.14. The molecule has 0 aliphatic carbocycles. The Labute approximate surface area is 102 Å². The van der Waals surface area contributed by atoms with Crippen molar-refractivity contribution < 1.29 is 9.21 Å². The van der Waals surface area contributed by atoms with Gasteiger partial charge in [0, 0.05) is 18.7 Å². The van der Waals surface area contributed by atoms with Crippen molar-refractivity contribution in [1.82, 2.24) is 10.6 Å². The van der Waals surface area contributed by atoms with E-state index < -0.39 is 0 Å². The van der Waals surface area contributed by atoms with Crippen LogP contribution in [0.4, 0.5) is 0 Å². The van der Waals surface area contributed by atoms with Gasteiger partial charge in [-0.15, -0.1) is 0 Å². The topological polar surface area (TPSA) is 54.3 Å². The van der Waals surface area contributed by atoms with E-state index in [1.165, 1.54) is 6.42 Å². The van der Waals surface area contributed by atoms with Crippen molar-refractivity contribution in [2.24, 2.45) is 5.41 Å². The molecule has 4 nitrogen and oxygen atoms in total. The molecular weight excluding hydrogens is 216 g/mol. The average Bonchev–Trinajstić information content (AvgIpc) is 2.74. The molecule has 1 fully saturated rings. The van der Waals surface area contributed by atoms with Gasteiger partial charge in [0.1, 0.15) is 0 Å². The highest BCUT2D eigenvalue weighted by molar-refractivity contribution is 5.92. The molecule has 1 aliphatic rings. The number of furan rings is 1. The molecular formula is C13H20N2O2. The fourth-order valence-corrected chi connectivity index (χ4v) is 2.25. The first-order chi connectivity index (χ1) is 8.11. The summed E-state index contributed by atoms with van der Waals surface area (Å²) in [7, 11) is 0.